The Morgan fingerprint density at radius 2 is 1.86 bits per heavy atom. The van der Waals surface area contributed by atoms with Gasteiger partial charge in [-0.15, -0.1) is 0 Å². The van der Waals surface area contributed by atoms with E-state index in [-0.39, 0.29) is 0 Å². The van der Waals surface area contributed by atoms with E-state index < -0.39 is 0 Å². The molecule has 1 aliphatic rings. The molecule has 1 heterocycles. The molecule has 0 aromatic heterocycles. The molecule has 1 aromatic carbocycles. The van der Waals surface area contributed by atoms with Gasteiger partial charge in [0.2, 0.25) is 0 Å². The van der Waals surface area contributed by atoms with E-state index in [1.807, 2.05) is 0 Å². The van der Waals surface area contributed by atoms with Crippen molar-refractivity contribution in [1.29, 1.82) is 0 Å². The minimum absolute atomic E-state index is 0.398. The maximum atomic E-state index is 3.48. The van der Waals surface area contributed by atoms with Crippen LogP contribution in [0.3, 0.4) is 0 Å². The van der Waals surface area contributed by atoms with Gasteiger partial charge in [0.05, 0.1) is 0 Å². The third kappa shape index (κ3) is 1.69. The normalized spacial score (nSPS) is 25.2. The Bertz CT molecular complexity index is 311. The summed E-state index contributed by atoms with van der Waals surface area (Å²) in [5.41, 5.74) is 3.22. The van der Waals surface area contributed by atoms with Crippen LogP contribution in [0.2, 0.25) is 0 Å². The first-order valence-corrected chi connectivity index (χ1v) is 5.37. The molecule has 1 aliphatic heterocycles. The molecule has 0 saturated carbocycles. The van der Waals surface area contributed by atoms with E-state index in [2.05, 4.69) is 50.4 Å². The maximum absolute atomic E-state index is 3.48. The van der Waals surface area contributed by atoms with Crippen molar-refractivity contribution < 1.29 is 0 Å². The van der Waals surface area contributed by atoms with Crippen LogP contribution in [0.15, 0.2) is 24.3 Å². The lowest BCUT2D eigenvalue weighted by Gasteiger charge is -2.26. The summed E-state index contributed by atoms with van der Waals surface area (Å²) in [6.45, 7) is 9.08. The molecular formula is C13H19N. The van der Waals surface area contributed by atoms with Gasteiger partial charge in [-0.2, -0.15) is 0 Å². The van der Waals surface area contributed by atoms with Crippen LogP contribution < -0.4 is 5.32 Å². The largest absolute Gasteiger partial charge is 0.316 e. The first-order chi connectivity index (χ1) is 6.59. The highest BCUT2D eigenvalue weighted by atomic mass is 14.9. The summed E-state index contributed by atoms with van der Waals surface area (Å²) in [7, 11) is 0. The number of rotatable bonds is 1. The molecule has 76 valence electrons. The third-order valence-corrected chi connectivity index (χ3v) is 3.35. The van der Waals surface area contributed by atoms with E-state index in [1.54, 1.807) is 0 Å². The van der Waals surface area contributed by atoms with Crippen LogP contribution in [0.4, 0.5) is 0 Å². The first-order valence-electron chi connectivity index (χ1n) is 5.37. The number of aryl methyl sites for hydroxylation is 1. The number of benzene rings is 1. The van der Waals surface area contributed by atoms with Crippen LogP contribution in [-0.4, -0.2) is 13.1 Å². The van der Waals surface area contributed by atoms with Crippen molar-refractivity contribution in [2.24, 2.45) is 5.41 Å². The smallest absolute Gasteiger partial charge is 0.00267 e. The lowest BCUT2D eigenvalue weighted by Crippen LogP contribution is -2.20. The Morgan fingerprint density at radius 1 is 1.21 bits per heavy atom. The zero-order valence-electron chi connectivity index (χ0n) is 9.30. The Kier molecular flexibility index (Phi) is 2.36. The minimum Gasteiger partial charge on any atom is -0.316 e. The number of hydrogen-bond donors (Lipinski definition) is 1. The second-order valence-electron chi connectivity index (χ2n) is 5.08. The van der Waals surface area contributed by atoms with Gasteiger partial charge in [-0.1, -0.05) is 43.7 Å². The fourth-order valence-electron chi connectivity index (χ4n) is 2.31. The van der Waals surface area contributed by atoms with E-state index >= 15 is 0 Å². The summed E-state index contributed by atoms with van der Waals surface area (Å²) in [6.07, 6.45) is 0. The van der Waals surface area contributed by atoms with Crippen LogP contribution in [0, 0.1) is 12.3 Å². The quantitative estimate of drug-likeness (QED) is 0.716. The fraction of sp³-hybridized carbons (Fsp3) is 0.538. The molecule has 0 spiro atoms. The maximum Gasteiger partial charge on any atom is 0.00267 e. The van der Waals surface area contributed by atoms with Crippen molar-refractivity contribution >= 4 is 0 Å². The van der Waals surface area contributed by atoms with E-state index in [0.29, 0.717) is 11.3 Å². The molecule has 1 atom stereocenters. The second-order valence-corrected chi connectivity index (χ2v) is 5.08. The van der Waals surface area contributed by atoms with E-state index in [9.17, 15) is 0 Å². The van der Waals surface area contributed by atoms with E-state index in [1.165, 1.54) is 11.1 Å². The average Bonchev–Trinajstić information content (AvgIpc) is 2.47. The van der Waals surface area contributed by atoms with Crippen molar-refractivity contribution in [2.75, 3.05) is 13.1 Å². The first kappa shape index (κ1) is 9.72. The van der Waals surface area contributed by atoms with Gasteiger partial charge >= 0.3 is 0 Å². The summed E-state index contributed by atoms with van der Waals surface area (Å²) in [5.74, 6) is 0.670. The number of hydrogen-bond acceptors (Lipinski definition) is 1. The third-order valence-electron chi connectivity index (χ3n) is 3.35. The SMILES string of the molecule is Cc1ccc([C@@H]2CNCC2(C)C)cc1. The van der Waals surface area contributed by atoms with Crippen LogP contribution in [-0.2, 0) is 0 Å². The van der Waals surface area contributed by atoms with Crippen LogP contribution in [0.5, 0.6) is 0 Å². The topological polar surface area (TPSA) is 12.0 Å². The van der Waals surface area contributed by atoms with Gasteiger partial charge in [-0.05, 0) is 17.9 Å². The highest BCUT2D eigenvalue weighted by Crippen LogP contribution is 2.38. The summed E-state index contributed by atoms with van der Waals surface area (Å²) >= 11 is 0. The highest BCUT2D eigenvalue weighted by molar-refractivity contribution is 5.27. The minimum atomic E-state index is 0.398. The molecule has 0 radical (unpaired) electrons. The van der Waals surface area contributed by atoms with Crippen LogP contribution in [0.25, 0.3) is 0 Å². The Labute approximate surface area is 86.5 Å². The lowest BCUT2D eigenvalue weighted by molar-refractivity contribution is 0.363. The Hall–Kier alpha value is -0.820. The van der Waals surface area contributed by atoms with E-state index in [4.69, 9.17) is 0 Å². The summed E-state index contributed by atoms with van der Waals surface area (Å²) in [5, 5.41) is 3.48. The Morgan fingerprint density at radius 3 is 2.36 bits per heavy atom. The molecule has 1 heteroatoms. The molecule has 14 heavy (non-hydrogen) atoms. The van der Waals surface area contributed by atoms with Crippen LogP contribution >= 0.6 is 0 Å². The predicted molar refractivity (Wildman–Crippen MR) is 60.6 cm³/mol. The summed E-state index contributed by atoms with van der Waals surface area (Å²) < 4.78 is 0. The molecule has 1 fully saturated rings. The molecule has 1 aromatic rings. The van der Waals surface area contributed by atoms with Gasteiger partial charge in [-0.25, -0.2) is 0 Å². The zero-order chi connectivity index (χ0) is 10.2. The molecular weight excluding hydrogens is 170 g/mol. The van der Waals surface area contributed by atoms with Crippen molar-refractivity contribution in [3.05, 3.63) is 35.4 Å². The number of nitrogens with one attached hydrogen (secondary N) is 1. The molecule has 0 bridgehead atoms. The molecule has 0 amide bonds. The molecule has 1 nitrogen and oxygen atoms in total. The van der Waals surface area contributed by atoms with Gasteiger partial charge in [-0.3, -0.25) is 0 Å². The highest BCUT2D eigenvalue weighted by Gasteiger charge is 2.35. The van der Waals surface area contributed by atoms with E-state index in [0.717, 1.165) is 13.1 Å². The average molecular weight is 189 g/mol. The van der Waals surface area contributed by atoms with Crippen molar-refractivity contribution in [2.45, 2.75) is 26.7 Å². The second kappa shape index (κ2) is 3.39. The molecule has 0 unspecified atom stereocenters. The monoisotopic (exact) mass is 189 g/mol. The molecule has 1 N–H and O–H groups in total. The summed E-state index contributed by atoms with van der Waals surface area (Å²) in [4.78, 5) is 0. The molecule has 0 aliphatic carbocycles. The van der Waals surface area contributed by atoms with Gasteiger partial charge in [0, 0.05) is 19.0 Å². The Balaban J connectivity index is 2.27. The molecule has 2 rings (SSSR count). The van der Waals surface area contributed by atoms with Crippen molar-refractivity contribution in [3.63, 3.8) is 0 Å². The van der Waals surface area contributed by atoms with Crippen LogP contribution in [0.1, 0.15) is 30.9 Å². The van der Waals surface area contributed by atoms with Crippen molar-refractivity contribution in [1.82, 2.24) is 5.32 Å². The standard InChI is InChI=1S/C13H19N/c1-10-4-6-11(7-5-10)12-8-14-9-13(12,2)3/h4-7,12,14H,8-9H2,1-3H3/t12-/m0/s1. The predicted octanol–water partition coefficient (Wildman–Crippen LogP) is 2.71. The lowest BCUT2D eigenvalue weighted by atomic mass is 9.78. The zero-order valence-corrected chi connectivity index (χ0v) is 9.30. The summed E-state index contributed by atoms with van der Waals surface area (Å²) in [6, 6.07) is 8.97. The van der Waals surface area contributed by atoms with Gasteiger partial charge in [0.15, 0.2) is 0 Å². The molecule has 1 saturated heterocycles. The van der Waals surface area contributed by atoms with Gasteiger partial charge in [0.1, 0.15) is 0 Å². The van der Waals surface area contributed by atoms with Crippen molar-refractivity contribution in [3.8, 4) is 0 Å². The fourth-order valence-corrected chi connectivity index (χ4v) is 2.31. The van der Waals surface area contributed by atoms with Gasteiger partial charge in [0.25, 0.3) is 0 Å². The van der Waals surface area contributed by atoms with Gasteiger partial charge < -0.3 is 5.32 Å².